The molecule has 0 saturated heterocycles. The Hall–Kier alpha value is -3.61. The molecule has 1 heterocycles. The van der Waals surface area contributed by atoms with Crippen molar-refractivity contribution in [1.29, 1.82) is 0 Å². The number of hydrogen-bond acceptors (Lipinski definition) is 6. The molecule has 0 aliphatic heterocycles. The van der Waals surface area contributed by atoms with Gasteiger partial charge in [0.15, 0.2) is 17.2 Å². The quantitative estimate of drug-likeness (QED) is 0.0741. The van der Waals surface area contributed by atoms with Crippen LogP contribution in [0, 0.1) is 0 Å². The molecule has 0 aliphatic rings. The summed E-state index contributed by atoms with van der Waals surface area (Å²) in [6, 6.07) is 9.53. The molecule has 3 aromatic rings. The predicted molar refractivity (Wildman–Crippen MR) is 210 cm³/mol. The normalized spacial score (nSPS) is 11.4. The molecule has 0 radical (unpaired) electrons. The molecule has 0 atom stereocenters. The number of benzene rings is 2. The summed E-state index contributed by atoms with van der Waals surface area (Å²) in [5.74, 6) is 2.70. The van der Waals surface area contributed by atoms with Crippen molar-refractivity contribution in [1.82, 2.24) is 4.57 Å². The standard InChI is InChI=1S/C43H65NO6/c1-7-13-14-15-16-17-18-19-20-21-22-23-24-25-26-27-30-44-36-32-35(46-8-2)33-39(49-11-5)40(36)42(45)43(50-12-6)41(44)34-28-29-37(47-9-3)38(31-34)48-10-4/h27-33H,7-26H2,1-6H3. The predicted octanol–water partition coefficient (Wildman–Crippen LogP) is 12.0. The van der Waals surface area contributed by atoms with Crippen molar-refractivity contribution >= 4 is 17.1 Å². The van der Waals surface area contributed by atoms with Crippen molar-refractivity contribution in [2.45, 2.75) is 138 Å². The number of hydrogen-bond donors (Lipinski definition) is 0. The summed E-state index contributed by atoms with van der Waals surface area (Å²) in [6.07, 6.45) is 24.0. The van der Waals surface area contributed by atoms with Gasteiger partial charge in [0.05, 0.1) is 49.6 Å². The molecule has 0 aliphatic carbocycles. The van der Waals surface area contributed by atoms with E-state index in [1.165, 1.54) is 83.5 Å². The highest BCUT2D eigenvalue weighted by Crippen LogP contribution is 2.40. The molecule has 2 aromatic carbocycles. The number of pyridine rings is 1. The largest absolute Gasteiger partial charge is 0.494 e. The fraction of sp³-hybridized carbons (Fsp3) is 0.605. The van der Waals surface area contributed by atoms with Crippen molar-refractivity contribution in [2.24, 2.45) is 0 Å². The molecule has 0 amide bonds. The Bertz CT molecular complexity index is 1490. The van der Waals surface area contributed by atoms with Crippen LogP contribution >= 0.6 is 0 Å². The molecule has 50 heavy (non-hydrogen) atoms. The Morgan fingerprint density at radius 3 is 1.68 bits per heavy atom. The van der Waals surface area contributed by atoms with E-state index in [-0.39, 0.29) is 11.2 Å². The minimum absolute atomic E-state index is 0.216. The fourth-order valence-corrected chi connectivity index (χ4v) is 6.50. The molecule has 7 nitrogen and oxygen atoms in total. The van der Waals surface area contributed by atoms with Crippen molar-refractivity contribution in [2.75, 3.05) is 33.0 Å². The lowest BCUT2D eigenvalue weighted by atomic mass is 10.0. The van der Waals surface area contributed by atoms with Crippen molar-refractivity contribution in [3.8, 4) is 40.0 Å². The summed E-state index contributed by atoms with van der Waals surface area (Å²) in [4.78, 5) is 14.3. The summed E-state index contributed by atoms with van der Waals surface area (Å²) in [6.45, 7) is 14.2. The van der Waals surface area contributed by atoms with Crippen molar-refractivity contribution in [3.63, 3.8) is 0 Å². The first-order valence-corrected chi connectivity index (χ1v) is 19.8. The molecule has 7 heteroatoms. The van der Waals surface area contributed by atoms with Gasteiger partial charge in [0.2, 0.25) is 5.43 Å². The molecule has 0 bridgehead atoms. The first kappa shape index (κ1) is 40.8. The van der Waals surface area contributed by atoms with Crippen LogP contribution < -0.4 is 29.1 Å². The molecule has 0 fully saturated rings. The zero-order valence-electron chi connectivity index (χ0n) is 32.1. The summed E-state index contributed by atoms with van der Waals surface area (Å²) >= 11 is 0. The summed E-state index contributed by atoms with van der Waals surface area (Å²) in [5.41, 5.74) is 1.93. The summed E-state index contributed by atoms with van der Waals surface area (Å²) < 4.78 is 32.1. The second-order valence-electron chi connectivity index (χ2n) is 12.8. The van der Waals surface area contributed by atoms with E-state index in [1.54, 1.807) is 6.07 Å². The van der Waals surface area contributed by atoms with Crippen LogP contribution in [0.2, 0.25) is 0 Å². The summed E-state index contributed by atoms with van der Waals surface area (Å²) in [7, 11) is 0. The topological polar surface area (TPSA) is 68.2 Å². The summed E-state index contributed by atoms with van der Waals surface area (Å²) in [5, 5.41) is 0.472. The van der Waals surface area contributed by atoms with Gasteiger partial charge in [-0.1, -0.05) is 96.5 Å². The Labute approximate surface area is 302 Å². The average molecular weight is 692 g/mol. The lowest BCUT2D eigenvalue weighted by molar-refractivity contribution is 0.288. The Balaban J connectivity index is 1.87. The van der Waals surface area contributed by atoms with Crippen LogP contribution in [0.4, 0.5) is 0 Å². The average Bonchev–Trinajstić information content (AvgIpc) is 3.11. The number of fused-ring (bicyclic) bond motifs is 1. The second kappa shape index (κ2) is 23.7. The smallest absolute Gasteiger partial charge is 0.235 e. The minimum atomic E-state index is -0.216. The maximum atomic E-state index is 14.3. The number of ether oxygens (including phenoxy) is 5. The first-order valence-electron chi connectivity index (χ1n) is 19.8. The Kier molecular flexibility index (Phi) is 19.4. The van der Waals surface area contributed by atoms with Crippen LogP contribution in [0.1, 0.15) is 138 Å². The van der Waals surface area contributed by atoms with E-state index in [2.05, 4.69) is 23.8 Å². The molecule has 1 aromatic heterocycles. The lowest BCUT2D eigenvalue weighted by Crippen LogP contribution is -2.16. The number of unbranched alkanes of at least 4 members (excludes halogenated alkanes) is 14. The zero-order valence-corrected chi connectivity index (χ0v) is 32.1. The van der Waals surface area contributed by atoms with Gasteiger partial charge in [-0.15, -0.1) is 0 Å². The van der Waals surface area contributed by atoms with Gasteiger partial charge in [-0.05, 0) is 65.7 Å². The number of allylic oxidation sites excluding steroid dienone is 1. The third kappa shape index (κ3) is 12.3. The van der Waals surface area contributed by atoms with Crippen LogP contribution in [0.3, 0.4) is 0 Å². The van der Waals surface area contributed by atoms with Gasteiger partial charge in [-0.2, -0.15) is 0 Å². The number of rotatable bonds is 27. The fourth-order valence-electron chi connectivity index (χ4n) is 6.50. The van der Waals surface area contributed by atoms with Crippen molar-refractivity contribution < 1.29 is 23.7 Å². The Morgan fingerprint density at radius 1 is 0.560 bits per heavy atom. The molecule has 3 rings (SSSR count). The zero-order chi connectivity index (χ0) is 36.0. The van der Waals surface area contributed by atoms with E-state index in [4.69, 9.17) is 23.7 Å². The van der Waals surface area contributed by atoms with Crippen LogP contribution in [0.5, 0.6) is 28.7 Å². The van der Waals surface area contributed by atoms with Crippen LogP contribution in [-0.4, -0.2) is 37.6 Å². The monoisotopic (exact) mass is 691 g/mol. The molecule has 278 valence electrons. The van der Waals surface area contributed by atoms with E-state index in [9.17, 15) is 4.79 Å². The maximum absolute atomic E-state index is 14.3. The molecule has 0 spiro atoms. The highest BCUT2D eigenvalue weighted by atomic mass is 16.5. The third-order valence-electron chi connectivity index (χ3n) is 8.90. The maximum Gasteiger partial charge on any atom is 0.235 e. The van der Waals surface area contributed by atoms with Gasteiger partial charge in [0.1, 0.15) is 11.5 Å². The second-order valence-corrected chi connectivity index (χ2v) is 12.8. The molecule has 0 unspecified atom stereocenters. The van der Waals surface area contributed by atoms with Gasteiger partial charge in [0, 0.05) is 23.9 Å². The van der Waals surface area contributed by atoms with Crippen molar-refractivity contribution in [3.05, 3.63) is 46.6 Å². The highest BCUT2D eigenvalue weighted by Gasteiger charge is 2.24. The lowest BCUT2D eigenvalue weighted by Gasteiger charge is -2.21. The highest BCUT2D eigenvalue weighted by molar-refractivity contribution is 5.93. The van der Waals surface area contributed by atoms with Gasteiger partial charge < -0.3 is 28.3 Å². The molecular weight excluding hydrogens is 626 g/mol. The number of aromatic nitrogens is 1. The molecule has 0 N–H and O–H groups in total. The van der Waals surface area contributed by atoms with Gasteiger partial charge in [0.25, 0.3) is 0 Å². The minimum Gasteiger partial charge on any atom is -0.494 e. The molecule has 0 saturated carbocycles. The van der Waals surface area contributed by atoms with Gasteiger partial charge in [-0.3, -0.25) is 4.79 Å². The van der Waals surface area contributed by atoms with Gasteiger partial charge in [-0.25, -0.2) is 0 Å². The van der Waals surface area contributed by atoms with Crippen LogP contribution in [0.15, 0.2) is 41.2 Å². The van der Waals surface area contributed by atoms with Crippen LogP contribution in [0.25, 0.3) is 28.4 Å². The van der Waals surface area contributed by atoms with E-state index in [0.29, 0.717) is 72.6 Å². The number of nitrogens with zero attached hydrogens (tertiary/aromatic N) is 1. The Morgan fingerprint density at radius 2 is 1.10 bits per heavy atom. The first-order chi connectivity index (χ1) is 24.5. The SMILES string of the molecule is CCCCCCCCCCCCCCCCC=Cn1c(-c2ccc(OCC)c(OCC)c2)c(OCC)c(=O)c2c(OCC)cc(OCC)cc21. The molecular formula is C43H65NO6. The van der Waals surface area contributed by atoms with E-state index < -0.39 is 0 Å². The third-order valence-corrected chi connectivity index (χ3v) is 8.90. The van der Waals surface area contributed by atoms with E-state index in [0.717, 1.165) is 18.4 Å². The van der Waals surface area contributed by atoms with E-state index in [1.807, 2.05) is 58.9 Å². The van der Waals surface area contributed by atoms with E-state index >= 15 is 0 Å². The van der Waals surface area contributed by atoms with Crippen LogP contribution in [-0.2, 0) is 0 Å². The van der Waals surface area contributed by atoms with Gasteiger partial charge >= 0.3 is 0 Å².